The Morgan fingerprint density at radius 3 is 2.83 bits per heavy atom. The van der Waals surface area contributed by atoms with Crippen molar-refractivity contribution in [1.82, 2.24) is 10.2 Å². The number of nitrogens with zero attached hydrogens (tertiary/aromatic N) is 1. The summed E-state index contributed by atoms with van der Waals surface area (Å²) in [6.45, 7) is 3.27. The highest BCUT2D eigenvalue weighted by Gasteiger charge is 2.24. The van der Waals surface area contributed by atoms with E-state index in [2.05, 4.69) is 17.2 Å². The van der Waals surface area contributed by atoms with Crippen molar-refractivity contribution >= 4 is 35.0 Å². The third kappa shape index (κ3) is 5.43. The molecule has 6 heteroatoms. The Kier molecular flexibility index (Phi) is 6.96. The van der Waals surface area contributed by atoms with Gasteiger partial charge in [0.05, 0.1) is 10.0 Å². The van der Waals surface area contributed by atoms with Crippen molar-refractivity contribution in [3.63, 3.8) is 0 Å². The van der Waals surface area contributed by atoms with Crippen molar-refractivity contribution in [2.75, 3.05) is 19.6 Å². The largest absolute Gasteiger partial charge is 0.355 e. The van der Waals surface area contributed by atoms with E-state index in [1.165, 1.54) is 6.92 Å². The lowest BCUT2D eigenvalue weighted by Gasteiger charge is -2.31. The summed E-state index contributed by atoms with van der Waals surface area (Å²) in [6.07, 6.45) is 2.41. The summed E-state index contributed by atoms with van der Waals surface area (Å²) >= 11 is 12.0. The topological polar surface area (TPSA) is 49.4 Å². The monoisotopic (exact) mass is 366 g/mol. The number of nitrogens with one attached hydrogen (secondary N) is 1. The molecule has 1 aliphatic rings. The normalized spacial score (nSPS) is 17.0. The molecule has 0 aromatic heterocycles. The molecule has 2 rings (SSSR count). The van der Waals surface area contributed by atoms with Crippen LogP contribution in [-0.4, -0.2) is 36.3 Å². The van der Waals surface area contributed by atoms with Gasteiger partial charge in [0.15, 0.2) is 0 Å². The van der Waals surface area contributed by atoms with Crippen molar-refractivity contribution in [1.29, 1.82) is 0 Å². The maximum atomic E-state index is 12.2. The molecule has 1 unspecified atom stereocenters. The second-order valence-electron chi connectivity index (χ2n) is 5.80. The third-order valence-corrected chi connectivity index (χ3v) is 4.68. The van der Waals surface area contributed by atoms with E-state index in [4.69, 9.17) is 23.2 Å². The molecule has 0 radical (unpaired) electrons. The molecule has 1 atom stereocenters. The first-order valence-electron chi connectivity index (χ1n) is 7.94. The van der Waals surface area contributed by atoms with Gasteiger partial charge in [-0.15, -0.1) is 0 Å². The van der Waals surface area contributed by atoms with Crippen molar-refractivity contribution in [3.05, 3.63) is 33.8 Å². The summed E-state index contributed by atoms with van der Waals surface area (Å²) < 4.78 is 0. The zero-order chi connectivity index (χ0) is 17.5. The zero-order valence-corrected chi connectivity index (χ0v) is 15.1. The standard InChI is InChI=1S/C18H20Cl2N2O2/c1-13(23)21-9-3-2-6-18(24)22-10-4-5-15(12-22)14-7-8-16(19)17(20)11-14/h7-8,11,15H,3-5,9-10,12H2,1H3,(H,21,23). The number of carbonyl (C=O) groups is 2. The van der Waals surface area contributed by atoms with Crippen LogP contribution >= 0.6 is 23.2 Å². The Labute approximate surface area is 152 Å². The van der Waals surface area contributed by atoms with Gasteiger partial charge in [-0.1, -0.05) is 35.2 Å². The molecular weight excluding hydrogens is 347 g/mol. The van der Waals surface area contributed by atoms with Gasteiger partial charge < -0.3 is 10.2 Å². The van der Waals surface area contributed by atoms with Gasteiger partial charge in [0.2, 0.25) is 5.91 Å². The molecule has 1 aromatic carbocycles. The van der Waals surface area contributed by atoms with Gasteiger partial charge in [-0.25, -0.2) is 0 Å². The first-order chi connectivity index (χ1) is 11.5. The number of rotatable bonds is 3. The van der Waals surface area contributed by atoms with Crippen molar-refractivity contribution in [2.45, 2.75) is 32.1 Å². The molecule has 4 nitrogen and oxygen atoms in total. The second-order valence-corrected chi connectivity index (χ2v) is 6.61. The van der Waals surface area contributed by atoms with Crippen LogP contribution in [0.15, 0.2) is 18.2 Å². The first-order valence-corrected chi connectivity index (χ1v) is 8.70. The molecule has 1 saturated heterocycles. The van der Waals surface area contributed by atoms with Crippen molar-refractivity contribution < 1.29 is 9.59 Å². The minimum atomic E-state index is -0.164. The fraction of sp³-hybridized carbons (Fsp3) is 0.444. The van der Waals surface area contributed by atoms with Gasteiger partial charge in [0.1, 0.15) is 0 Å². The number of halogens is 2. The number of carbonyl (C=O) groups excluding carboxylic acids is 2. The minimum Gasteiger partial charge on any atom is -0.355 e. The molecule has 128 valence electrons. The Morgan fingerprint density at radius 2 is 2.12 bits per heavy atom. The Morgan fingerprint density at radius 1 is 1.33 bits per heavy atom. The van der Waals surface area contributed by atoms with Gasteiger partial charge in [-0.3, -0.25) is 9.59 Å². The summed E-state index contributed by atoms with van der Waals surface area (Å²) in [6, 6.07) is 5.63. The van der Waals surface area contributed by atoms with Crippen LogP contribution < -0.4 is 5.32 Å². The molecule has 0 spiro atoms. The molecule has 1 N–H and O–H groups in total. The van der Waals surface area contributed by atoms with E-state index >= 15 is 0 Å². The van der Waals surface area contributed by atoms with E-state index in [1.54, 1.807) is 11.0 Å². The van der Waals surface area contributed by atoms with Crippen LogP contribution in [0, 0.1) is 11.8 Å². The van der Waals surface area contributed by atoms with Crippen LogP contribution in [0.1, 0.15) is 37.7 Å². The molecular formula is C18H20Cl2N2O2. The van der Waals surface area contributed by atoms with Gasteiger partial charge in [-0.05, 0) is 36.5 Å². The van der Waals surface area contributed by atoms with Crippen molar-refractivity contribution in [3.8, 4) is 11.8 Å². The SMILES string of the molecule is CC(=O)NCCC#CC(=O)N1CCCC(c2ccc(Cl)c(Cl)c2)C1. The summed E-state index contributed by atoms with van der Waals surface area (Å²) in [5, 5.41) is 3.72. The third-order valence-electron chi connectivity index (χ3n) is 3.94. The van der Waals surface area contributed by atoms with Gasteiger partial charge >= 0.3 is 0 Å². The Hall–Kier alpha value is -1.70. The average Bonchev–Trinajstić information content (AvgIpc) is 2.56. The number of benzene rings is 1. The Bertz CT molecular complexity index is 679. The van der Waals surface area contributed by atoms with E-state index in [0.29, 0.717) is 29.6 Å². The lowest BCUT2D eigenvalue weighted by Crippen LogP contribution is -2.38. The van der Waals surface area contributed by atoms with E-state index < -0.39 is 0 Å². The lowest BCUT2D eigenvalue weighted by molar-refractivity contribution is -0.126. The lowest BCUT2D eigenvalue weighted by atomic mass is 9.90. The molecule has 0 saturated carbocycles. The molecule has 1 aromatic rings. The molecule has 0 aliphatic carbocycles. The summed E-state index contributed by atoms with van der Waals surface area (Å²) in [5.41, 5.74) is 1.10. The van der Waals surface area contributed by atoms with Crippen LogP contribution in [-0.2, 0) is 9.59 Å². The quantitative estimate of drug-likeness (QED) is 0.659. The van der Waals surface area contributed by atoms with Gasteiger partial charge in [0.25, 0.3) is 5.91 Å². The van der Waals surface area contributed by atoms with Crippen LogP contribution in [0.3, 0.4) is 0 Å². The Balaban J connectivity index is 1.92. The summed E-state index contributed by atoms with van der Waals surface area (Å²) in [4.78, 5) is 24.7. The van der Waals surface area contributed by atoms with E-state index in [-0.39, 0.29) is 17.7 Å². The first kappa shape index (κ1) is 18.6. The van der Waals surface area contributed by atoms with Crippen LogP contribution in [0.2, 0.25) is 10.0 Å². The van der Waals surface area contributed by atoms with Crippen LogP contribution in [0.4, 0.5) is 0 Å². The van der Waals surface area contributed by atoms with Crippen molar-refractivity contribution in [2.24, 2.45) is 0 Å². The maximum absolute atomic E-state index is 12.2. The molecule has 1 aliphatic heterocycles. The van der Waals surface area contributed by atoms with Crippen LogP contribution in [0.5, 0.6) is 0 Å². The number of hydrogen-bond donors (Lipinski definition) is 1. The molecule has 2 amide bonds. The zero-order valence-electron chi connectivity index (χ0n) is 13.6. The van der Waals surface area contributed by atoms with Gasteiger partial charge in [0, 0.05) is 38.9 Å². The highest BCUT2D eigenvalue weighted by molar-refractivity contribution is 6.42. The van der Waals surface area contributed by atoms with E-state index in [1.807, 2.05) is 12.1 Å². The number of piperidine rings is 1. The average molecular weight is 367 g/mol. The number of likely N-dealkylation sites (tertiary alicyclic amines) is 1. The highest BCUT2D eigenvalue weighted by atomic mass is 35.5. The summed E-state index contributed by atoms with van der Waals surface area (Å²) in [5.74, 6) is 5.46. The smallest absolute Gasteiger partial charge is 0.298 e. The molecule has 1 fully saturated rings. The fourth-order valence-corrected chi connectivity index (χ4v) is 3.02. The maximum Gasteiger partial charge on any atom is 0.298 e. The second kappa shape index (κ2) is 8.96. The predicted octanol–water partition coefficient (Wildman–Crippen LogP) is 3.23. The van der Waals surface area contributed by atoms with E-state index in [9.17, 15) is 9.59 Å². The summed E-state index contributed by atoms with van der Waals surface area (Å²) in [7, 11) is 0. The number of amides is 2. The highest BCUT2D eigenvalue weighted by Crippen LogP contribution is 2.31. The molecule has 1 heterocycles. The molecule has 0 bridgehead atoms. The van der Waals surface area contributed by atoms with E-state index in [0.717, 1.165) is 24.9 Å². The minimum absolute atomic E-state index is 0.0939. The molecule has 24 heavy (non-hydrogen) atoms. The van der Waals surface area contributed by atoms with Gasteiger partial charge in [-0.2, -0.15) is 0 Å². The fourth-order valence-electron chi connectivity index (χ4n) is 2.72. The van der Waals surface area contributed by atoms with Crippen LogP contribution in [0.25, 0.3) is 0 Å². The predicted molar refractivity (Wildman–Crippen MR) is 96.1 cm³/mol. The number of hydrogen-bond acceptors (Lipinski definition) is 2.